The van der Waals surface area contributed by atoms with Crippen molar-refractivity contribution in [2.24, 2.45) is 5.73 Å². The molecule has 21 heavy (non-hydrogen) atoms. The summed E-state index contributed by atoms with van der Waals surface area (Å²) in [5, 5.41) is 0. The van der Waals surface area contributed by atoms with Crippen LogP contribution in [0.3, 0.4) is 0 Å². The first-order chi connectivity index (χ1) is 10.3. The fourth-order valence-electron chi connectivity index (χ4n) is 3.92. The average molecular weight is 308 g/mol. The number of hydrogen-bond donors (Lipinski definition) is 1. The molecular weight excluding hydrogens is 278 g/mol. The molecule has 118 valence electrons. The highest BCUT2D eigenvalue weighted by molar-refractivity contribution is 7.12. The van der Waals surface area contributed by atoms with Gasteiger partial charge in [-0.1, -0.05) is 6.42 Å². The van der Waals surface area contributed by atoms with E-state index in [1.54, 1.807) is 0 Å². The van der Waals surface area contributed by atoms with Gasteiger partial charge in [-0.2, -0.15) is 0 Å². The second-order valence-electron chi connectivity index (χ2n) is 6.56. The smallest absolute Gasteiger partial charge is 0.0564 e. The molecule has 0 amide bonds. The Morgan fingerprint density at radius 3 is 2.43 bits per heavy atom. The van der Waals surface area contributed by atoms with Crippen LogP contribution in [0.4, 0.5) is 0 Å². The van der Waals surface area contributed by atoms with Crippen molar-refractivity contribution in [1.29, 1.82) is 0 Å². The first kappa shape index (κ1) is 15.5. The third kappa shape index (κ3) is 3.67. The Morgan fingerprint density at radius 2 is 1.86 bits per heavy atom. The van der Waals surface area contributed by atoms with Crippen LogP contribution in [0.25, 0.3) is 0 Å². The van der Waals surface area contributed by atoms with E-state index in [0.717, 1.165) is 12.6 Å². The quantitative estimate of drug-likeness (QED) is 0.928. The molecule has 0 bridgehead atoms. The normalized spacial score (nSPS) is 24.3. The summed E-state index contributed by atoms with van der Waals surface area (Å²) < 4.78 is 0. The van der Waals surface area contributed by atoms with E-state index in [-0.39, 0.29) is 0 Å². The molecule has 0 aromatic carbocycles. The summed E-state index contributed by atoms with van der Waals surface area (Å²) >= 11 is 1.91. The van der Waals surface area contributed by atoms with Crippen LogP contribution >= 0.6 is 11.3 Å². The van der Waals surface area contributed by atoms with Crippen LogP contribution in [0.5, 0.6) is 0 Å². The van der Waals surface area contributed by atoms with E-state index < -0.39 is 0 Å². The van der Waals surface area contributed by atoms with Gasteiger partial charge in [0.05, 0.1) is 6.04 Å². The van der Waals surface area contributed by atoms with Crippen molar-refractivity contribution in [3.63, 3.8) is 0 Å². The molecule has 2 saturated heterocycles. The van der Waals surface area contributed by atoms with E-state index in [1.807, 2.05) is 11.3 Å². The largest absolute Gasteiger partial charge is 0.329 e. The van der Waals surface area contributed by atoms with Gasteiger partial charge in [0.25, 0.3) is 0 Å². The van der Waals surface area contributed by atoms with Gasteiger partial charge in [-0.3, -0.25) is 4.90 Å². The topological polar surface area (TPSA) is 32.5 Å². The number of nitrogens with two attached hydrogens (primary N) is 1. The molecular formula is C17H29N3S. The van der Waals surface area contributed by atoms with Crippen molar-refractivity contribution in [2.45, 2.75) is 51.1 Å². The van der Waals surface area contributed by atoms with Crippen LogP contribution in [0, 0.1) is 6.92 Å². The molecule has 2 N–H and O–H groups in total. The molecule has 0 saturated carbocycles. The van der Waals surface area contributed by atoms with Crippen LogP contribution in [-0.2, 0) is 0 Å². The maximum absolute atomic E-state index is 6.08. The number of rotatable bonds is 4. The van der Waals surface area contributed by atoms with Crippen LogP contribution in [0.1, 0.15) is 47.9 Å². The lowest BCUT2D eigenvalue weighted by molar-refractivity contribution is 0.0743. The Bertz CT molecular complexity index is 431. The Kier molecular flexibility index (Phi) is 5.33. The molecule has 2 fully saturated rings. The highest BCUT2D eigenvalue weighted by Gasteiger charge is 2.29. The van der Waals surface area contributed by atoms with Crippen molar-refractivity contribution >= 4 is 11.3 Å². The molecule has 1 aromatic heterocycles. The van der Waals surface area contributed by atoms with Crippen molar-refractivity contribution < 1.29 is 0 Å². The van der Waals surface area contributed by atoms with Gasteiger partial charge in [-0.05, 0) is 57.8 Å². The van der Waals surface area contributed by atoms with Crippen molar-refractivity contribution in [1.82, 2.24) is 9.80 Å². The molecule has 1 unspecified atom stereocenters. The van der Waals surface area contributed by atoms with Crippen LogP contribution in [0.15, 0.2) is 12.1 Å². The van der Waals surface area contributed by atoms with Gasteiger partial charge in [-0.15, -0.1) is 11.3 Å². The van der Waals surface area contributed by atoms with Crippen molar-refractivity contribution in [2.75, 3.05) is 32.7 Å². The fraction of sp³-hybridized carbons (Fsp3) is 0.765. The molecule has 1 atom stereocenters. The third-order valence-electron chi connectivity index (χ3n) is 5.16. The number of hydrogen-bond acceptors (Lipinski definition) is 4. The first-order valence-corrected chi connectivity index (χ1v) is 9.34. The monoisotopic (exact) mass is 307 g/mol. The number of aryl methyl sites for hydroxylation is 1. The summed E-state index contributed by atoms with van der Waals surface area (Å²) in [7, 11) is 0. The standard InChI is InChI=1S/C17H29N3S/c1-14-5-6-17(21-14)16(13-18)20-11-7-15(8-12-20)19-9-3-2-4-10-19/h5-6,15-16H,2-4,7-13,18H2,1H3. The van der Waals surface area contributed by atoms with Crippen LogP contribution in [-0.4, -0.2) is 48.6 Å². The molecule has 3 rings (SSSR count). The summed E-state index contributed by atoms with van der Waals surface area (Å²) in [6.45, 7) is 8.00. The van der Waals surface area contributed by atoms with E-state index in [2.05, 4.69) is 28.9 Å². The second-order valence-corrected chi connectivity index (χ2v) is 7.88. The van der Waals surface area contributed by atoms with Gasteiger partial charge in [0, 0.05) is 35.4 Å². The summed E-state index contributed by atoms with van der Waals surface area (Å²) in [5.74, 6) is 0. The molecule has 3 nitrogen and oxygen atoms in total. The maximum Gasteiger partial charge on any atom is 0.0564 e. The zero-order chi connectivity index (χ0) is 14.7. The summed E-state index contributed by atoms with van der Waals surface area (Å²) in [6, 6.07) is 5.76. The number of piperidine rings is 2. The predicted molar refractivity (Wildman–Crippen MR) is 90.9 cm³/mol. The molecule has 3 heterocycles. The Hall–Kier alpha value is -0.420. The highest BCUT2D eigenvalue weighted by atomic mass is 32.1. The number of nitrogens with zero attached hydrogens (tertiary/aromatic N) is 2. The lowest BCUT2D eigenvalue weighted by Gasteiger charge is -2.42. The molecule has 4 heteroatoms. The van der Waals surface area contributed by atoms with E-state index in [4.69, 9.17) is 5.73 Å². The number of likely N-dealkylation sites (tertiary alicyclic amines) is 2. The molecule has 1 aromatic rings. The van der Waals surface area contributed by atoms with Gasteiger partial charge in [0.1, 0.15) is 0 Å². The molecule has 0 radical (unpaired) electrons. The summed E-state index contributed by atoms with van der Waals surface area (Å²) in [4.78, 5) is 8.21. The van der Waals surface area contributed by atoms with E-state index in [9.17, 15) is 0 Å². The zero-order valence-corrected chi connectivity index (χ0v) is 14.1. The highest BCUT2D eigenvalue weighted by Crippen LogP contribution is 2.30. The molecule has 0 spiro atoms. The first-order valence-electron chi connectivity index (χ1n) is 8.52. The summed E-state index contributed by atoms with van der Waals surface area (Å²) in [5.41, 5.74) is 6.08. The van der Waals surface area contributed by atoms with E-state index in [0.29, 0.717) is 6.04 Å². The minimum Gasteiger partial charge on any atom is -0.329 e. The van der Waals surface area contributed by atoms with E-state index in [1.165, 1.54) is 68.0 Å². The molecule has 0 aliphatic carbocycles. The van der Waals surface area contributed by atoms with Crippen molar-refractivity contribution in [3.8, 4) is 0 Å². The van der Waals surface area contributed by atoms with Gasteiger partial charge in [0.2, 0.25) is 0 Å². The second kappa shape index (κ2) is 7.23. The Balaban J connectivity index is 1.56. The number of thiophene rings is 1. The zero-order valence-electron chi connectivity index (χ0n) is 13.3. The summed E-state index contributed by atoms with van der Waals surface area (Å²) in [6.07, 6.45) is 6.88. The van der Waals surface area contributed by atoms with Gasteiger partial charge in [0.15, 0.2) is 0 Å². The Morgan fingerprint density at radius 1 is 1.14 bits per heavy atom. The average Bonchev–Trinajstić information content (AvgIpc) is 2.96. The van der Waals surface area contributed by atoms with Crippen LogP contribution < -0.4 is 5.73 Å². The minimum atomic E-state index is 0.436. The third-order valence-corrected chi connectivity index (χ3v) is 6.26. The van der Waals surface area contributed by atoms with Gasteiger partial charge < -0.3 is 10.6 Å². The Labute approximate surface area is 133 Å². The fourth-order valence-corrected chi connectivity index (χ4v) is 4.95. The van der Waals surface area contributed by atoms with Crippen LogP contribution in [0.2, 0.25) is 0 Å². The van der Waals surface area contributed by atoms with Crippen molar-refractivity contribution in [3.05, 3.63) is 21.9 Å². The van der Waals surface area contributed by atoms with Gasteiger partial charge >= 0.3 is 0 Å². The lowest BCUT2D eigenvalue weighted by atomic mass is 9.98. The minimum absolute atomic E-state index is 0.436. The SMILES string of the molecule is Cc1ccc(C(CN)N2CCC(N3CCCCC3)CC2)s1. The van der Waals surface area contributed by atoms with E-state index >= 15 is 0 Å². The van der Waals surface area contributed by atoms with Gasteiger partial charge in [-0.25, -0.2) is 0 Å². The molecule has 2 aliphatic rings. The lowest BCUT2D eigenvalue weighted by Crippen LogP contribution is -2.48. The maximum atomic E-state index is 6.08. The predicted octanol–water partition coefficient (Wildman–Crippen LogP) is 3.01. The molecule has 2 aliphatic heterocycles.